The van der Waals surface area contributed by atoms with Crippen LogP contribution in [-0.2, 0) is 13.6 Å². The summed E-state index contributed by atoms with van der Waals surface area (Å²) in [4.78, 5) is 17.5. The van der Waals surface area contributed by atoms with Gasteiger partial charge in [-0.1, -0.05) is 24.3 Å². The Morgan fingerprint density at radius 2 is 2.08 bits per heavy atom. The van der Waals surface area contributed by atoms with Crippen LogP contribution in [0.3, 0.4) is 0 Å². The molecule has 3 heterocycles. The number of fused-ring (bicyclic) bond motifs is 1. The zero-order chi connectivity index (χ0) is 17.2. The highest BCUT2D eigenvalue weighted by Crippen LogP contribution is 2.25. The van der Waals surface area contributed by atoms with Crippen molar-refractivity contribution in [3.63, 3.8) is 0 Å². The van der Waals surface area contributed by atoms with Crippen LogP contribution in [0.2, 0.25) is 0 Å². The highest BCUT2D eigenvalue weighted by molar-refractivity contribution is 7.20. The van der Waals surface area contributed by atoms with E-state index in [1.54, 1.807) is 17.1 Å². The van der Waals surface area contributed by atoms with E-state index in [0.717, 1.165) is 31.8 Å². The van der Waals surface area contributed by atoms with Crippen molar-refractivity contribution < 1.29 is 4.79 Å². The molecule has 0 spiro atoms. The monoisotopic (exact) mass is 348 g/mol. The lowest BCUT2D eigenvalue weighted by Crippen LogP contribution is -2.21. The largest absolute Gasteiger partial charge is 0.347 e. The van der Waals surface area contributed by atoms with Crippen molar-refractivity contribution in [3.8, 4) is 11.3 Å². The second kappa shape index (κ2) is 6.49. The smallest absolute Gasteiger partial charge is 0.261 e. The van der Waals surface area contributed by atoms with E-state index in [2.05, 4.69) is 15.4 Å². The van der Waals surface area contributed by atoms with Crippen molar-refractivity contribution in [2.75, 3.05) is 0 Å². The van der Waals surface area contributed by atoms with Gasteiger partial charge in [-0.15, -0.1) is 11.3 Å². The first-order valence-corrected chi connectivity index (χ1v) is 8.71. The first-order chi connectivity index (χ1) is 12.2. The lowest BCUT2D eigenvalue weighted by Gasteiger charge is -2.04. The third kappa shape index (κ3) is 3.29. The quantitative estimate of drug-likeness (QED) is 0.613. The summed E-state index contributed by atoms with van der Waals surface area (Å²) in [6.07, 6.45) is 5.49. The van der Waals surface area contributed by atoms with Gasteiger partial charge in [-0.25, -0.2) is 0 Å². The molecule has 0 unspecified atom stereocenters. The fraction of sp³-hybridized carbons (Fsp3) is 0.105. The maximum atomic E-state index is 12.3. The number of thiophene rings is 1. The van der Waals surface area contributed by atoms with Gasteiger partial charge in [-0.05, 0) is 29.1 Å². The SMILES string of the molecule is Cn1cc(-c2ccc(CNC(=O)c3cc4ccccc4s3)cn2)cn1. The number of aromatic nitrogens is 3. The van der Waals surface area contributed by atoms with E-state index >= 15 is 0 Å². The van der Waals surface area contributed by atoms with Gasteiger partial charge in [-0.2, -0.15) is 5.10 Å². The minimum Gasteiger partial charge on any atom is -0.347 e. The van der Waals surface area contributed by atoms with Crippen LogP contribution >= 0.6 is 11.3 Å². The molecule has 0 atom stereocenters. The van der Waals surface area contributed by atoms with E-state index in [0.29, 0.717) is 6.54 Å². The van der Waals surface area contributed by atoms with Crippen molar-refractivity contribution >= 4 is 27.3 Å². The van der Waals surface area contributed by atoms with Gasteiger partial charge in [0.1, 0.15) is 0 Å². The summed E-state index contributed by atoms with van der Waals surface area (Å²) in [7, 11) is 1.88. The summed E-state index contributed by atoms with van der Waals surface area (Å²) >= 11 is 1.51. The fourth-order valence-electron chi connectivity index (χ4n) is 2.62. The Morgan fingerprint density at radius 1 is 1.20 bits per heavy atom. The number of benzene rings is 1. The molecule has 0 bridgehead atoms. The molecule has 0 fully saturated rings. The molecule has 0 saturated carbocycles. The number of nitrogens with zero attached hydrogens (tertiary/aromatic N) is 3. The van der Waals surface area contributed by atoms with Crippen molar-refractivity contribution in [2.45, 2.75) is 6.54 Å². The first kappa shape index (κ1) is 15.5. The van der Waals surface area contributed by atoms with Gasteiger partial charge in [0, 0.05) is 36.2 Å². The van der Waals surface area contributed by atoms with Gasteiger partial charge in [0.05, 0.1) is 16.8 Å². The Balaban J connectivity index is 1.43. The molecule has 25 heavy (non-hydrogen) atoms. The van der Waals surface area contributed by atoms with Crippen molar-refractivity contribution in [1.82, 2.24) is 20.1 Å². The zero-order valence-corrected chi connectivity index (χ0v) is 14.5. The number of nitrogens with one attached hydrogen (secondary N) is 1. The van der Waals surface area contributed by atoms with E-state index in [-0.39, 0.29) is 5.91 Å². The van der Waals surface area contributed by atoms with Crippen molar-refractivity contribution in [1.29, 1.82) is 0 Å². The van der Waals surface area contributed by atoms with Crippen LogP contribution in [0.15, 0.2) is 61.1 Å². The maximum Gasteiger partial charge on any atom is 0.261 e. The predicted molar refractivity (Wildman–Crippen MR) is 99.4 cm³/mol. The number of amides is 1. The van der Waals surface area contributed by atoms with Crippen LogP contribution < -0.4 is 5.32 Å². The molecule has 1 aromatic carbocycles. The van der Waals surface area contributed by atoms with Gasteiger partial charge in [-0.3, -0.25) is 14.5 Å². The van der Waals surface area contributed by atoms with Crippen LogP contribution in [0.5, 0.6) is 0 Å². The molecule has 0 saturated heterocycles. The Bertz CT molecular complexity index is 1000. The standard InChI is InChI=1S/C19H16N4OS/c1-23-12-15(11-22-23)16-7-6-13(9-20-16)10-21-19(24)18-8-14-4-2-3-5-17(14)25-18/h2-9,11-12H,10H2,1H3,(H,21,24). The Labute approximate surface area is 149 Å². The molecular weight excluding hydrogens is 332 g/mol. The van der Waals surface area contributed by atoms with Gasteiger partial charge >= 0.3 is 0 Å². The molecule has 6 heteroatoms. The van der Waals surface area contributed by atoms with E-state index in [1.807, 2.05) is 55.7 Å². The number of aryl methyl sites for hydroxylation is 1. The highest BCUT2D eigenvalue weighted by Gasteiger charge is 2.10. The maximum absolute atomic E-state index is 12.3. The Morgan fingerprint density at radius 3 is 2.80 bits per heavy atom. The lowest BCUT2D eigenvalue weighted by atomic mass is 10.2. The lowest BCUT2D eigenvalue weighted by molar-refractivity contribution is 0.0955. The second-order valence-corrected chi connectivity index (χ2v) is 6.87. The molecule has 4 aromatic rings. The Hall–Kier alpha value is -2.99. The fourth-order valence-corrected chi connectivity index (χ4v) is 3.60. The summed E-state index contributed by atoms with van der Waals surface area (Å²) in [6, 6.07) is 13.8. The number of hydrogen-bond acceptors (Lipinski definition) is 4. The molecule has 0 aliphatic rings. The van der Waals surface area contributed by atoms with E-state index in [9.17, 15) is 4.79 Å². The van der Waals surface area contributed by atoms with Crippen LogP contribution in [-0.4, -0.2) is 20.7 Å². The normalized spacial score (nSPS) is 10.9. The number of carbonyl (C=O) groups excluding carboxylic acids is 1. The molecule has 1 amide bonds. The third-order valence-electron chi connectivity index (χ3n) is 3.93. The molecule has 0 aliphatic carbocycles. The second-order valence-electron chi connectivity index (χ2n) is 5.79. The van der Waals surface area contributed by atoms with Crippen LogP contribution in [0.1, 0.15) is 15.2 Å². The van der Waals surface area contributed by atoms with E-state index in [1.165, 1.54) is 11.3 Å². The molecule has 3 aromatic heterocycles. The highest BCUT2D eigenvalue weighted by atomic mass is 32.1. The minimum atomic E-state index is -0.0578. The molecular formula is C19H16N4OS. The number of rotatable bonds is 4. The number of hydrogen-bond donors (Lipinski definition) is 1. The Kier molecular flexibility index (Phi) is 4.03. The van der Waals surface area contributed by atoms with E-state index in [4.69, 9.17) is 0 Å². The van der Waals surface area contributed by atoms with Crippen LogP contribution in [0.4, 0.5) is 0 Å². The van der Waals surface area contributed by atoms with Crippen LogP contribution in [0, 0.1) is 0 Å². The summed E-state index contributed by atoms with van der Waals surface area (Å²) < 4.78 is 2.87. The molecule has 124 valence electrons. The third-order valence-corrected chi connectivity index (χ3v) is 5.04. The topological polar surface area (TPSA) is 59.8 Å². The average Bonchev–Trinajstić information content (AvgIpc) is 3.26. The molecule has 0 aliphatic heterocycles. The predicted octanol–water partition coefficient (Wildman–Crippen LogP) is 3.63. The molecule has 1 N–H and O–H groups in total. The number of carbonyl (C=O) groups is 1. The summed E-state index contributed by atoms with van der Waals surface area (Å²) in [5.41, 5.74) is 2.80. The first-order valence-electron chi connectivity index (χ1n) is 7.90. The zero-order valence-electron chi connectivity index (χ0n) is 13.6. The van der Waals surface area contributed by atoms with Gasteiger partial charge in [0.15, 0.2) is 0 Å². The van der Waals surface area contributed by atoms with Crippen molar-refractivity contribution in [3.05, 3.63) is 71.5 Å². The van der Waals surface area contributed by atoms with Gasteiger partial charge in [0.2, 0.25) is 0 Å². The van der Waals surface area contributed by atoms with Crippen LogP contribution in [0.25, 0.3) is 21.3 Å². The summed E-state index contributed by atoms with van der Waals surface area (Å²) in [5.74, 6) is -0.0578. The number of pyridine rings is 1. The molecule has 5 nitrogen and oxygen atoms in total. The average molecular weight is 348 g/mol. The van der Waals surface area contributed by atoms with E-state index < -0.39 is 0 Å². The van der Waals surface area contributed by atoms with Crippen molar-refractivity contribution in [2.24, 2.45) is 7.05 Å². The minimum absolute atomic E-state index is 0.0578. The molecule has 4 rings (SSSR count). The molecule has 0 radical (unpaired) electrons. The van der Waals surface area contributed by atoms with Gasteiger partial charge in [0.25, 0.3) is 5.91 Å². The summed E-state index contributed by atoms with van der Waals surface area (Å²) in [5, 5.41) is 8.20. The van der Waals surface area contributed by atoms with Gasteiger partial charge < -0.3 is 5.32 Å². The summed E-state index contributed by atoms with van der Waals surface area (Å²) in [6.45, 7) is 0.452.